The summed E-state index contributed by atoms with van der Waals surface area (Å²) >= 11 is 0. The van der Waals surface area contributed by atoms with Crippen molar-refractivity contribution in [3.63, 3.8) is 0 Å². The third kappa shape index (κ3) is 6.62. The SMILES string of the molecule is CCNC(=NCc1cccc(OCC)c1)NCc1cc(C(CC)CC)no1. The summed E-state index contributed by atoms with van der Waals surface area (Å²) in [7, 11) is 0. The molecule has 1 aromatic carbocycles. The first kappa shape index (κ1) is 20.8. The van der Waals surface area contributed by atoms with Crippen LogP contribution in [-0.4, -0.2) is 24.3 Å². The Morgan fingerprint density at radius 3 is 2.67 bits per heavy atom. The van der Waals surface area contributed by atoms with Gasteiger partial charge >= 0.3 is 0 Å². The van der Waals surface area contributed by atoms with Gasteiger partial charge in [-0.1, -0.05) is 31.1 Å². The average molecular weight is 373 g/mol. The molecule has 1 heterocycles. The maximum Gasteiger partial charge on any atom is 0.191 e. The second-order valence-corrected chi connectivity index (χ2v) is 6.36. The van der Waals surface area contributed by atoms with Crippen LogP contribution in [-0.2, 0) is 13.1 Å². The lowest BCUT2D eigenvalue weighted by Gasteiger charge is -2.10. The molecule has 0 radical (unpaired) electrons. The summed E-state index contributed by atoms with van der Waals surface area (Å²) in [5.41, 5.74) is 2.14. The molecule has 27 heavy (non-hydrogen) atoms. The van der Waals surface area contributed by atoms with Crippen molar-refractivity contribution in [3.8, 4) is 5.75 Å². The van der Waals surface area contributed by atoms with Gasteiger partial charge in [-0.2, -0.15) is 0 Å². The smallest absolute Gasteiger partial charge is 0.191 e. The predicted octanol–water partition coefficient (Wildman–Crippen LogP) is 4.23. The summed E-state index contributed by atoms with van der Waals surface area (Å²) in [4.78, 5) is 4.65. The van der Waals surface area contributed by atoms with E-state index in [1.165, 1.54) is 0 Å². The Kier molecular flexibility index (Phi) is 8.68. The summed E-state index contributed by atoms with van der Waals surface area (Å²) in [6, 6.07) is 10.1. The molecule has 0 unspecified atom stereocenters. The predicted molar refractivity (Wildman–Crippen MR) is 109 cm³/mol. The highest BCUT2D eigenvalue weighted by Crippen LogP contribution is 2.22. The first-order valence-corrected chi connectivity index (χ1v) is 9.89. The van der Waals surface area contributed by atoms with E-state index in [0.717, 1.165) is 48.1 Å². The summed E-state index contributed by atoms with van der Waals surface area (Å²) < 4.78 is 11.0. The Balaban J connectivity index is 1.96. The Morgan fingerprint density at radius 2 is 1.96 bits per heavy atom. The van der Waals surface area contributed by atoms with Gasteiger partial charge in [-0.05, 0) is 44.4 Å². The quantitative estimate of drug-likeness (QED) is 0.482. The lowest BCUT2D eigenvalue weighted by molar-refractivity contribution is 0.340. The molecule has 6 heteroatoms. The van der Waals surface area contributed by atoms with E-state index in [2.05, 4.69) is 34.6 Å². The zero-order chi connectivity index (χ0) is 19.5. The Morgan fingerprint density at radius 1 is 1.15 bits per heavy atom. The van der Waals surface area contributed by atoms with Crippen LogP contribution >= 0.6 is 0 Å². The molecule has 0 atom stereocenters. The highest BCUT2D eigenvalue weighted by Gasteiger charge is 2.13. The van der Waals surface area contributed by atoms with Crippen LogP contribution in [0.15, 0.2) is 39.8 Å². The normalized spacial score (nSPS) is 11.7. The molecule has 0 saturated carbocycles. The summed E-state index contributed by atoms with van der Waals surface area (Å²) in [6.45, 7) is 11.0. The summed E-state index contributed by atoms with van der Waals surface area (Å²) in [6.07, 6.45) is 2.14. The maximum atomic E-state index is 5.55. The van der Waals surface area contributed by atoms with Crippen LogP contribution in [0.2, 0.25) is 0 Å². The zero-order valence-electron chi connectivity index (χ0n) is 16.9. The lowest BCUT2D eigenvalue weighted by Crippen LogP contribution is -2.36. The van der Waals surface area contributed by atoms with E-state index in [1.54, 1.807) is 0 Å². The van der Waals surface area contributed by atoms with E-state index >= 15 is 0 Å². The van der Waals surface area contributed by atoms with Crippen LogP contribution in [0, 0.1) is 0 Å². The Bertz CT molecular complexity index is 708. The molecule has 1 aromatic heterocycles. The number of ether oxygens (including phenoxy) is 1. The molecule has 0 bridgehead atoms. The molecule has 0 aliphatic carbocycles. The monoisotopic (exact) mass is 372 g/mol. The minimum Gasteiger partial charge on any atom is -0.494 e. The van der Waals surface area contributed by atoms with Crippen LogP contribution in [0.3, 0.4) is 0 Å². The second kappa shape index (κ2) is 11.3. The Labute approximate surface area is 162 Å². The first-order chi connectivity index (χ1) is 13.2. The van der Waals surface area contributed by atoms with Gasteiger partial charge in [0, 0.05) is 18.5 Å². The van der Waals surface area contributed by atoms with Gasteiger partial charge in [-0.3, -0.25) is 0 Å². The van der Waals surface area contributed by atoms with Gasteiger partial charge in [0.15, 0.2) is 11.7 Å². The third-order valence-corrected chi connectivity index (χ3v) is 4.38. The largest absolute Gasteiger partial charge is 0.494 e. The average Bonchev–Trinajstić information content (AvgIpc) is 3.14. The standard InChI is InChI=1S/C21H32N4O2/c1-5-17(6-2)20-13-19(27-25-20)15-24-21(22-7-3)23-14-16-10-9-11-18(12-16)26-8-4/h9-13,17H,5-8,14-15H2,1-4H3,(H2,22,23,24). The van der Waals surface area contributed by atoms with Crippen molar-refractivity contribution in [2.24, 2.45) is 4.99 Å². The highest BCUT2D eigenvalue weighted by atomic mass is 16.5. The molecular weight excluding hydrogens is 340 g/mol. The van der Waals surface area contributed by atoms with Gasteiger partial charge in [0.2, 0.25) is 0 Å². The molecule has 0 spiro atoms. The molecule has 0 amide bonds. The number of benzene rings is 1. The van der Waals surface area contributed by atoms with Crippen molar-refractivity contribution < 1.29 is 9.26 Å². The number of rotatable bonds is 10. The van der Waals surface area contributed by atoms with E-state index in [4.69, 9.17) is 9.26 Å². The number of hydrogen-bond acceptors (Lipinski definition) is 4. The summed E-state index contributed by atoms with van der Waals surface area (Å²) in [5, 5.41) is 10.8. The van der Waals surface area contributed by atoms with E-state index in [9.17, 15) is 0 Å². The number of aliphatic imine (C=N–C) groups is 1. The molecular formula is C21H32N4O2. The van der Waals surface area contributed by atoms with Gasteiger partial charge in [0.1, 0.15) is 5.75 Å². The molecule has 0 aliphatic heterocycles. The van der Waals surface area contributed by atoms with E-state index in [0.29, 0.717) is 25.6 Å². The van der Waals surface area contributed by atoms with Crippen molar-refractivity contribution in [3.05, 3.63) is 47.3 Å². The van der Waals surface area contributed by atoms with Crippen molar-refractivity contribution >= 4 is 5.96 Å². The van der Waals surface area contributed by atoms with Crippen molar-refractivity contribution in [1.29, 1.82) is 0 Å². The minimum absolute atomic E-state index is 0.460. The molecule has 2 rings (SSSR count). The van der Waals surface area contributed by atoms with Crippen molar-refractivity contribution in [2.45, 2.75) is 59.5 Å². The first-order valence-electron chi connectivity index (χ1n) is 9.89. The fourth-order valence-electron chi connectivity index (χ4n) is 2.89. The molecule has 2 N–H and O–H groups in total. The number of nitrogens with zero attached hydrogens (tertiary/aromatic N) is 2. The molecule has 148 valence electrons. The van der Waals surface area contributed by atoms with E-state index in [1.807, 2.05) is 44.2 Å². The van der Waals surface area contributed by atoms with Gasteiger partial charge in [-0.25, -0.2) is 4.99 Å². The van der Waals surface area contributed by atoms with E-state index in [-0.39, 0.29) is 0 Å². The van der Waals surface area contributed by atoms with Crippen LogP contribution < -0.4 is 15.4 Å². The van der Waals surface area contributed by atoms with Crippen molar-refractivity contribution in [1.82, 2.24) is 15.8 Å². The van der Waals surface area contributed by atoms with Crippen molar-refractivity contribution in [2.75, 3.05) is 13.2 Å². The van der Waals surface area contributed by atoms with Gasteiger partial charge < -0.3 is 19.9 Å². The Hall–Kier alpha value is -2.50. The topological polar surface area (TPSA) is 71.7 Å². The molecule has 0 aliphatic rings. The number of guanidine groups is 1. The van der Waals surface area contributed by atoms with Crippen LogP contribution in [0.5, 0.6) is 5.75 Å². The van der Waals surface area contributed by atoms with Gasteiger partial charge in [0.25, 0.3) is 0 Å². The van der Waals surface area contributed by atoms with E-state index < -0.39 is 0 Å². The molecule has 0 fully saturated rings. The van der Waals surface area contributed by atoms with Crippen LogP contribution in [0.4, 0.5) is 0 Å². The zero-order valence-corrected chi connectivity index (χ0v) is 16.9. The van der Waals surface area contributed by atoms with Crippen LogP contribution in [0.25, 0.3) is 0 Å². The maximum absolute atomic E-state index is 5.55. The fourth-order valence-corrected chi connectivity index (χ4v) is 2.89. The number of aromatic nitrogens is 1. The summed E-state index contributed by atoms with van der Waals surface area (Å²) in [5.74, 6) is 2.90. The fraction of sp³-hybridized carbons (Fsp3) is 0.524. The third-order valence-electron chi connectivity index (χ3n) is 4.38. The molecule has 2 aromatic rings. The highest BCUT2D eigenvalue weighted by molar-refractivity contribution is 5.79. The van der Waals surface area contributed by atoms with Gasteiger partial charge in [0.05, 0.1) is 25.4 Å². The second-order valence-electron chi connectivity index (χ2n) is 6.36. The molecule has 0 saturated heterocycles. The number of hydrogen-bond donors (Lipinski definition) is 2. The van der Waals surface area contributed by atoms with Gasteiger partial charge in [-0.15, -0.1) is 0 Å². The minimum atomic E-state index is 0.460. The van der Waals surface area contributed by atoms with Crippen LogP contribution in [0.1, 0.15) is 63.5 Å². The lowest BCUT2D eigenvalue weighted by atomic mass is 9.99. The molecule has 6 nitrogen and oxygen atoms in total. The number of nitrogens with one attached hydrogen (secondary N) is 2.